The van der Waals surface area contributed by atoms with Gasteiger partial charge in [-0.05, 0) is 0 Å². The molecule has 0 N–H and O–H groups in total. The number of hydrogen-bond acceptors (Lipinski definition) is 0. The predicted octanol–water partition coefficient (Wildman–Crippen LogP) is 6.20. The van der Waals surface area contributed by atoms with Gasteiger partial charge in [0.15, 0.2) is 0 Å². The molecule has 21 heavy (non-hydrogen) atoms. The van der Waals surface area contributed by atoms with Crippen LogP contribution >= 0.6 is 0 Å². The first-order chi connectivity index (χ1) is 8.49. The molecule has 0 radical (unpaired) electrons. The summed E-state index contributed by atoms with van der Waals surface area (Å²) in [5, 5.41) is 0. The first kappa shape index (κ1) is 25.4. The third-order valence-corrected chi connectivity index (χ3v) is 4.08. The van der Waals surface area contributed by atoms with Gasteiger partial charge in [-0.1, -0.05) is 54.4 Å². The van der Waals surface area contributed by atoms with E-state index >= 15 is 0 Å². The molecule has 0 aliphatic carbocycles. The van der Waals surface area contributed by atoms with Crippen LogP contribution in [0, 0.1) is 49.5 Å². The molecule has 0 atom stereocenters. The molecular formula is C20H32Ti. The van der Waals surface area contributed by atoms with Crippen molar-refractivity contribution in [2.45, 2.75) is 54.4 Å². The van der Waals surface area contributed by atoms with Gasteiger partial charge < -0.3 is 14.9 Å². The Kier molecular flexibility index (Phi) is 14.5. The van der Waals surface area contributed by atoms with Gasteiger partial charge in [-0.15, -0.1) is 0 Å². The van der Waals surface area contributed by atoms with E-state index in [4.69, 9.17) is 0 Å². The fraction of sp³-hybridized carbons (Fsp3) is 0.400. The second-order valence-corrected chi connectivity index (χ2v) is 5.17. The second-order valence-electron chi connectivity index (χ2n) is 5.17. The zero-order valence-electron chi connectivity index (χ0n) is 15.2. The van der Waals surface area contributed by atoms with Crippen molar-refractivity contribution in [3.05, 3.63) is 72.5 Å². The van der Waals surface area contributed by atoms with Crippen molar-refractivity contribution < 1.29 is 21.7 Å². The Hall–Kier alpha value is -0.586. The van der Waals surface area contributed by atoms with E-state index in [2.05, 4.69) is 65.8 Å². The first-order valence-electron chi connectivity index (χ1n) is 6.89. The normalized spacial score (nSPS) is 8.67. The van der Waals surface area contributed by atoms with Crippen molar-refractivity contribution >= 4 is 0 Å². The quantitative estimate of drug-likeness (QED) is 0.456. The van der Waals surface area contributed by atoms with Crippen molar-refractivity contribution in [1.82, 2.24) is 0 Å². The molecule has 0 heterocycles. The number of aryl methyl sites for hydroxylation is 1. The predicted molar refractivity (Wildman–Crippen MR) is 94.6 cm³/mol. The standard InChI is InChI=1S/C10H15.C8H11.2CH3.Ti/c1-6-7(2)9(4)10(5)8(6)3;1-2-5-8-6-3-4-7-8;;;/h1-5H3;3-4,6-7H,2,5H2,1H3;2*1H3;/q4*-1;+4. The summed E-state index contributed by atoms with van der Waals surface area (Å²) in [6, 6.07) is 8.52. The van der Waals surface area contributed by atoms with Gasteiger partial charge in [0, 0.05) is 0 Å². The molecule has 0 saturated heterocycles. The van der Waals surface area contributed by atoms with Gasteiger partial charge in [0.05, 0.1) is 0 Å². The summed E-state index contributed by atoms with van der Waals surface area (Å²) in [6.45, 7) is 13.2. The summed E-state index contributed by atoms with van der Waals surface area (Å²) >= 11 is 0. The maximum atomic E-state index is 2.20. The zero-order valence-corrected chi connectivity index (χ0v) is 16.8. The van der Waals surface area contributed by atoms with Crippen LogP contribution in [0.5, 0.6) is 0 Å². The Balaban J connectivity index is -0.000000274. The van der Waals surface area contributed by atoms with E-state index in [1.807, 2.05) is 0 Å². The molecule has 0 aliphatic rings. The summed E-state index contributed by atoms with van der Waals surface area (Å²) in [5.74, 6) is 0. The minimum Gasteiger partial charge on any atom is -0.358 e. The number of hydrogen-bond donors (Lipinski definition) is 0. The maximum Gasteiger partial charge on any atom is 4.00 e. The molecule has 0 saturated carbocycles. The molecule has 116 valence electrons. The van der Waals surface area contributed by atoms with Gasteiger partial charge in [-0.25, -0.2) is 12.1 Å². The molecule has 0 bridgehead atoms. The van der Waals surface area contributed by atoms with Crippen LogP contribution in [0.1, 0.15) is 46.7 Å². The molecule has 1 heteroatoms. The molecule has 0 aromatic heterocycles. The number of rotatable bonds is 2. The molecule has 0 fully saturated rings. The van der Waals surface area contributed by atoms with Crippen molar-refractivity contribution in [3.63, 3.8) is 0 Å². The third-order valence-electron chi connectivity index (χ3n) is 4.08. The van der Waals surface area contributed by atoms with Gasteiger partial charge in [0.2, 0.25) is 0 Å². The maximum absolute atomic E-state index is 2.20. The average molecular weight is 320 g/mol. The van der Waals surface area contributed by atoms with Crippen LogP contribution in [0.3, 0.4) is 0 Å². The van der Waals surface area contributed by atoms with Crippen LogP contribution < -0.4 is 0 Å². The minimum absolute atomic E-state index is 0. The van der Waals surface area contributed by atoms with Crippen molar-refractivity contribution in [2.24, 2.45) is 0 Å². The van der Waals surface area contributed by atoms with Gasteiger partial charge in [0.25, 0.3) is 0 Å². The molecule has 0 unspecified atom stereocenters. The first-order valence-corrected chi connectivity index (χ1v) is 6.89. The molecule has 0 spiro atoms. The van der Waals surface area contributed by atoms with Crippen LogP contribution in [0.4, 0.5) is 0 Å². The van der Waals surface area contributed by atoms with E-state index in [9.17, 15) is 0 Å². The molecule has 2 aromatic carbocycles. The van der Waals surface area contributed by atoms with Gasteiger partial charge >= 0.3 is 21.7 Å². The van der Waals surface area contributed by atoms with Crippen LogP contribution in [0.25, 0.3) is 0 Å². The van der Waals surface area contributed by atoms with Gasteiger partial charge in [-0.2, -0.15) is 45.5 Å². The molecule has 2 rings (SSSR count). The third kappa shape index (κ3) is 6.80. The molecule has 0 amide bonds. The summed E-state index contributed by atoms with van der Waals surface area (Å²) in [6.07, 6.45) is 2.48. The van der Waals surface area contributed by atoms with Crippen LogP contribution in [0.15, 0.2) is 24.3 Å². The Bertz CT molecular complexity index is 392. The summed E-state index contributed by atoms with van der Waals surface area (Å²) in [4.78, 5) is 0. The smallest absolute Gasteiger partial charge is 0.358 e. The van der Waals surface area contributed by atoms with Crippen LogP contribution in [0.2, 0.25) is 0 Å². The largest absolute Gasteiger partial charge is 4.00 e. The second kappa shape index (κ2) is 12.0. The Morgan fingerprint density at radius 3 is 1.48 bits per heavy atom. The summed E-state index contributed by atoms with van der Waals surface area (Å²) < 4.78 is 0. The van der Waals surface area contributed by atoms with E-state index in [0.717, 1.165) is 0 Å². The van der Waals surface area contributed by atoms with Gasteiger partial charge in [-0.3, -0.25) is 0 Å². The summed E-state index contributed by atoms with van der Waals surface area (Å²) in [7, 11) is 0. The van der Waals surface area contributed by atoms with E-state index in [1.54, 1.807) is 0 Å². The Morgan fingerprint density at radius 2 is 1.24 bits per heavy atom. The van der Waals surface area contributed by atoms with Crippen molar-refractivity contribution in [3.8, 4) is 0 Å². The zero-order chi connectivity index (χ0) is 13.7. The van der Waals surface area contributed by atoms with E-state index < -0.39 is 0 Å². The molecule has 2 aromatic rings. The van der Waals surface area contributed by atoms with Crippen molar-refractivity contribution in [1.29, 1.82) is 0 Å². The van der Waals surface area contributed by atoms with Crippen molar-refractivity contribution in [2.75, 3.05) is 0 Å². The monoisotopic (exact) mass is 320 g/mol. The van der Waals surface area contributed by atoms with Crippen LogP contribution in [-0.4, -0.2) is 0 Å². The average Bonchev–Trinajstić information content (AvgIpc) is 2.93. The Morgan fingerprint density at radius 1 is 0.857 bits per heavy atom. The fourth-order valence-electron chi connectivity index (χ4n) is 2.28. The molecular weight excluding hydrogens is 288 g/mol. The van der Waals surface area contributed by atoms with E-state index in [1.165, 1.54) is 46.2 Å². The summed E-state index contributed by atoms with van der Waals surface area (Å²) in [5.41, 5.74) is 8.80. The van der Waals surface area contributed by atoms with Crippen LogP contribution in [-0.2, 0) is 28.1 Å². The fourth-order valence-corrected chi connectivity index (χ4v) is 2.28. The van der Waals surface area contributed by atoms with E-state index in [0.29, 0.717) is 0 Å². The SMILES string of the molecule is CCC[c-]1cccc1.Cc1c(C)c(C)[c-](C)c1C.[CH3-].[CH3-].[Ti+4]. The Labute approximate surface area is 148 Å². The molecule has 0 nitrogen and oxygen atoms in total. The van der Waals surface area contributed by atoms with E-state index in [-0.39, 0.29) is 36.6 Å². The molecule has 0 aliphatic heterocycles. The minimum atomic E-state index is 0. The van der Waals surface area contributed by atoms with Gasteiger partial charge in [0.1, 0.15) is 0 Å². The topological polar surface area (TPSA) is 0 Å².